The lowest BCUT2D eigenvalue weighted by molar-refractivity contribution is -0.118. The van der Waals surface area contributed by atoms with E-state index in [1.807, 2.05) is 4.90 Å². The molecule has 0 spiro atoms. The van der Waals surface area contributed by atoms with Crippen molar-refractivity contribution in [2.45, 2.75) is 22.8 Å². The lowest BCUT2D eigenvalue weighted by Crippen LogP contribution is -2.55. The molecule has 1 saturated heterocycles. The summed E-state index contributed by atoms with van der Waals surface area (Å²) in [7, 11) is 0. The number of hydrogen-bond donors (Lipinski definition) is 2. The average molecular weight is 382 g/mol. The van der Waals surface area contributed by atoms with E-state index >= 15 is 0 Å². The van der Waals surface area contributed by atoms with E-state index < -0.39 is 5.82 Å². The first-order valence-corrected chi connectivity index (χ1v) is 8.88. The fourth-order valence-corrected chi connectivity index (χ4v) is 3.82. The lowest BCUT2D eigenvalue weighted by atomic mass is 10.1. The van der Waals surface area contributed by atoms with Crippen LogP contribution in [0.4, 0.5) is 16.2 Å². The highest BCUT2D eigenvalue weighted by Gasteiger charge is 2.29. The zero-order chi connectivity index (χ0) is 18.0. The number of rotatable bonds is 4. The number of carbonyl (C=O) groups excluding carboxylic acids is 1. The molecular weight excluding hydrogens is 365 g/mol. The van der Waals surface area contributed by atoms with Gasteiger partial charge in [-0.15, -0.1) is 0 Å². The molecule has 2 heterocycles. The molecule has 0 aliphatic carbocycles. The maximum Gasteiger partial charge on any atom is 0.222 e. The molecule has 0 bridgehead atoms. The van der Waals surface area contributed by atoms with Crippen molar-refractivity contribution in [2.24, 2.45) is 0 Å². The molecule has 3 N–H and O–H groups in total. The molecule has 1 unspecified atom stereocenters. The second-order valence-corrected chi connectivity index (χ2v) is 7.11. The van der Waals surface area contributed by atoms with Crippen molar-refractivity contribution >= 4 is 40.9 Å². The van der Waals surface area contributed by atoms with Crippen LogP contribution in [-0.4, -0.2) is 41.4 Å². The number of nitrogen functional groups attached to an aromatic ring is 1. The van der Waals surface area contributed by atoms with Crippen LogP contribution in [0.5, 0.6) is 0 Å². The third-order valence-electron chi connectivity index (χ3n) is 3.85. The quantitative estimate of drug-likeness (QED) is 0.841. The molecular formula is C16H17ClFN5OS. The Morgan fingerprint density at radius 2 is 2.28 bits per heavy atom. The Bertz CT molecular complexity index is 806. The molecule has 9 heteroatoms. The van der Waals surface area contributed by atoms with Gasteiger partial charge in [-0.3, -0.25) is 4.79 Å². The van der Waals surface area contributed by atoms with E-state index in [2.05, 4.69) is 15.3 Å². The molecule has 3 rings (SSSR count). The molecule has 1 aromatic heterocycles. The predicted octanol–water partition coefficient (Wildman–Crippen LogP) is 2.37. The van der Waals surface area contributed by atoms with E-state index in [4.69, 9.17) is 17.3 Å². The number of nitrogens with one attached hydrogen (secondary N) is 1. The summed E-state index contributed by atoms with van der Waals surface area (Å²) in [5, 5.41) is 3.51. The van der Waals surface area contributed by atoms with Crippen molar-refractivity contribution in [3.63, 3.8) is 0 Å². The van der Waals surface area contributed by atoms with Crippen LogP contribution in [0, 0.1) is 5.82 Å². The fraction of sp³-hybridized carbons (Fsp3) is 0.312. The first-order chi connectivity index (χ1) is 12.0. The largest absolute Gasteiger partial charge is 0.368 e. The number of benzene rings is 1. The van der Waals surface area contributed by atoms with Gasteiger partial charge in [-0.25, -0.2) is 9.37 Å². The monoisotopic (exact) mass is 381 g/mol. The van der Waals surface area contributed by atoms with Gasteiger partial charge in [0, 0.05) is 30.7 Å². The zero-order valence-corrected chi connectivity index (χ0v) is 15.1. The maximum absolute atomic E-state index is 13.3. The van der Waals surface area contributed by atoms with Crippen LogP contribution in [0.15, 0.2) is 34.2 Å². The van der Waals surface area contributed by atoms with Crippen molar-refractivity contribution in [1.82, 2.24) is 15.3 Å². The number of anilines is 2. The third-order valence-corrected chi connectivity index (χ3v) is 5.36. The molecule has 0 amide bonds. The Morgan fingerprint density at radius 3 is 3.00 bits per heavy atom. The highest BCUT2D eigenvalue weighted by Crippen LogP contribution is 2.38. The molecule has 0 saturated carbocycles. The fourth-order valence-electron chi connectivity index (χ4n) is 2.65. The van der Waals surface area contributed by atoms with Crippen molar-refractivity contribution in [3.8, 4) is 0 Å². The van der Waals surface area contributed by atoms with Crippen LogP contribution in [0.3, 0.4) is 0 Å². The zero-order valence-electron chi connectivity index (χ0n) is 13.5. The molecule has 1 atom stereocenters. The molecule has 25 heavy (non-hydrogen) atoms. The van der Waals surface area contributed by atoms with Gasteiger partial charge >= 0.3 is 0 Å². The predicted molar refractivity (Wildman–Crippen MR) is 96.7 cm³/mol. The third kappa shape index (κ3) is 4.02. The Morgan fingerprint density at radius 1 is 1.48 bits per heavy atom. The lowest BCUT2D eigenvalue weighted by Gasteiger charge is -2.36. The van der Waals surface area contributed by atoms with Gasteiger partial charge in [0.05, 0.1) is 9.92 Å². The Hall–Kier alpha value is -1.90. The van der Waals surface area contributed by atoms with Gasteiger partial charge in [-0.2, -0.15) is 4.98 Å². The van der Waals surface area contributed by atoms with Crippen LogP contribution in [0.25, 0.3) is 0 Å². The highest BCUT2D eigenvalue weighted by molar-refractivity contribution is 7.99. The SMILES string of the molecule is CC(=O)C1CNCCN1c1nc(N)ncc1Sc1ccc(F)cc1Cl. The number of ketones is 1. The van der Waals surface area contributed by atoms with Gasteiger partial charge < -0.3 is 16.0 Å². The summed E-state index contributed by atoms with van der Waals surface area (Å²) in [4.78, 5) is 23.7. The second-order valence-electron chi connectivity index (χ2n) is 5.62. The summed E-state index contributed by atoms with van der Waals surface area (Å²) < 4.78 is 13.3. The molecule has 2 aromatic rings. The van der Waals surface area contributed by atoms with Crippen molar-refractivity contribution < 1.29 is 9.18 Å². The van der Waals surface area contributed by atoms with E-state index in [1.54, 1.807) is 19.2 Å². The molecule has 1 fully saturated rings. The number of hydrogen-bond acceptors (Lipinski definition) is 7. The molecule has 1 aliphatic heterocycles. The molecule has 132 valence electrons. The van der Waals surface area contributed by atoms with E-state index in [9.17, 15) is 9.18 Å². The summed E-state index contributed by atoms with van der Waals surface area (Å²) in [5.41, 5.74) is 5.76. The first kappa shape index (κ1) is 17.9. The van der Waals surface area contributed by atoms with Gasteiger partial charge in [0.25, 0.3) is 0 Å². The summed E-state index contributed by atoms with van der Waals surface area (Å²) in [5.74, 6) is 0.354. The minimum atomic E-state index is -0.401. The number of piperazine rings is 1. The minimum absolute atomic E-state index is 0.0418. The van der Waals surface area contributed by atoms with E-state index in [0.29, 0.717) is 33.7 Å². The number of nitrogens with two attached hydrogens (primary N) is 1. The molecule has 6 nitrogen and oxygen atoms in total. The summed E-state index contributed by atoms with van der Waals surface area (Å²) in [6.07, 6.45) is 1.60. The second kappa shape index (κ2) is 7.55. The van der Waals surface area contributed by atoms with Crippen LogP contribution in [0.2, 0.25) is 5.02 Å². The Balaban J connectivity index is 1.99. The van der Waals surface area contributed by atoms with Gasteiger partial charge in [-0.1, -0.05) is 23.4 Å². The molecule has 0 radical (unpaired) electrons. The first-order valence-electron chi connectivity index (χ1n) is 7.69. The minimum Gasteiger partial charge on any atom is -0.368 e. The van der Waals surface area contributed by atoms with E-state index in [1.165, 1.54) is 23.9 Å². The summed E-state index contributed by atoms with van der Waals surface area (Å²) in [6, 6.07) is 3.87. The van der Waals surface area contributed by atoms with Crippen LogP contribution in [-0.2, 0) is 4.79 Å². The van der Waals surface area contributed by atoms with Crippen molar-refractivity contribution in [3.05, 3.63) is 35.2 Å². The maximum atomic E-state index is 13.3. The van der Waals surface area contributed by atoms with E-state index in [0.717, 1.165) is 6.54 Å². The van der Waals surface area contributed by atoms with E-state index in [-0.39, 0.29) is 17.8 Å². The van der Waals surface area contributed by atoms with Gasteiger partial charge in [0.2, 0.25) is 5.95 Å². The van der Waals surface area contributed by atoms with Gasteiger partial charge in [-0.05, 0) is 25.1 Å². The number of Topliss-reactive ketones (excluding diaryl/α,β-unsaturated/α-hetero) is 1. The average Bonchev–Trinajstić information content (AvgIpc) is 2.58. The topological polar surface area (TPSA) is 84.1 Å². The van der Waals surface area contributed by atoms with Gasteiger partial charge in [0.1, 0.15) is 17.7 Å². The van der Waals surface area contributed by atoms with Gasteiger partial charge in [0.15, 0.2) is 5.78 Å². The number of aromatic nitrogens is 2. The highest BCUT2D eigenvalue weighted by atomic mass is 35.5. The molecule has 1 aliphatic rings. The van der Waals surface area contributed by atoms with Crippen LogP contribution < -0.4 is 16.0 Å². The number of halogens is 2. The number of nitrogens with zero attached hydrogens (tertiary/aromatic N) is 3. The van der Waals surface area contributed by atoms with Crippen LogP contribution in [0.1, 0.15) is 6.92 Å². The summed E-state index contributed by atoms with van der Waals surface area (Å²) >= 11 is 7.44. The smallest absolute Gasteiger partial charge is 0.222 e. The standard InChI is InChI=1S/C16H17ClFN5OS/c1-9(24)12-7-20-4-5-23(12)15-14(8-21-16(19)22-15)25-13-3-2-10(18)6-11(13)17/h2-3,6,8,12,20H,4-5,7H2,1H3,(H2,19,21,22). The molecule has 1 aromatic carbocycles. The number of carbonyl (C=O) groups is 1. The normalized spacial score (nSPS) is 17.6. The van der Waals surface area contributed by atoms with Crippen molar-refractivity contribution in [1.29, 1.82) is 0 Å². The Kier molecular flexibility index (Phi) is 5.41. The van der Waals surface area contributed by atoms with Crippen LogP contribution >= 0.6 is 23.4 Å². The Labute approximate surface area is 154 Å². The summed E-state index contributed by atoms with van der Waals surface area (Å²) in [6.45, 7) is 3.44. The van der Waals surface area contributed by atoms with Crippen molar-refractivity contribution in [2.75, 3.05) is 30.3 Å².